The minimum absolute atomic E-state index is 0.572. The standard InChI is InChI=1S/C20H21NO2/c1-14-8-9-15(2)20(12-14)23-11-10-21-16(3)18(13-22)17-6-4-5-7-19(17)21/h4-9,12-13H,10-11H2,1-3H3. The van der Waals surface area contributed by atoms with Crippen LogP contribution in [0.4, 0.5) is 0 Å². The lowest BCUT2D eigenvalue weighted by Crippen LogP contribution is -2.10. The first-order valence-electron chi connectivity index (χ1n) is 7.85. The van der Waals surface area contributed by atoms with Crippen LogP contribution in [-0.2, 0) is 6.54 Å². The van der Waals surface area contributed by atoms with Gasteiger partial charge >= 0.3 is 0 Å². The summed E-state index contributed by atoms with van der Waals surface area (Å²) >= 11 is 0. The Balaban J connectivity index is 1.84. The van der Waals surface area contributed by atoms with Crippen LogP contribution < -0.4 is 4.74 Å². The van der Waals surface area contributed by atoms with Gasteiger partial charge in [-0.1, -0.05) is 30.3 Å². The quantitative estimate of drug-likeness (QED) is 0.652. The second-order valence-corrected chi connectivity index (χ2v) is 5.90. The fourth-order valence-electron chi connectivity index (χ4n) is 3.00. The average Bonchev–Trinajstić information content (AvgIpc) is 2.82. The number of aromatic nitrogens is 1. The van der Waals surface area contributed by atoms with E-state index < -0.39 is 0 Å². The van der Waals surface area contributed by atoms with E-state index in [0.29, 0.717) is 13.2 Å². The molecule has 0 saturated heterocycles. The molecule has 3 nitrogen and oxygen atoms in total. The predicted octanol–water partition coefficient (Wildman–Crippen LogP) is 4.46. The molecule has 0 N–H and O–H groups in total. The highest BCUT2D eigenvalue weighted by molar-refractivity contribution is 5.99. The van der Waals surface area contributed by atoms with E-state index in [0.717, 1.165) is 39.8 Å². The lowest BCUT2D eigenvalue weighted by molar-refractivity contribution is 0.112. The lowest BCUT2D eigenvalue weighted by atomic mass is 10.1. The van der Waals surface area contributed by atoms with Crippen LogP contribution in [0, 0.1) is 20.8 Å². The van der Waals surface area contributed by atoms with E-state index >= 15 is 0 Å². The van der Waals surface area contributed by atoms with Crippen LogP contribution >= 0.6 is 0 Å². The molecule has 23 heavy (non-hydrogen) atoms. The van der Waals surface area contributed by atoms with Crippen molar-refractivity contribution >= 4 is 17.2 Å². The van der Waals surface area contributed by atoms with Crippen molar-refractivity contribution in [3.8, 4) is 5.75 Å². The Morgan fingerprint density at radius 1 is 1.09 bits per heavy atom. The second-order valence-electron chi connectivity index (χ2n) is 5.90. The third kappa shape index (κ3) is 2.87. The van der Waals surface area contributed by atoms with Crippen LogP contribution in [0.5, 0.6) is 5.75 Å². The third-order valence-corrected chi connectivity index (χ3v) is 4.31. The number of carbonyl (C=O) groups is 1. The number of aryl methyl sites for hydroxylation is 2. The van der Waals surface area contributed by atoms with Gasteiger partial charge in [-0.15, -0.1) is 0 Å². The fraction of sp³-hybridized carbons (Fsp3) is 0.250. The maximum atomic E-state index is 11.4. The number of para-hydroxylation sites is 1. The number of aldehydes is 1. The highest BCUT2D eigenvalue weighted by atomic mass is 16.5. The summed E-state index contributed by atoms with van der Waals surface area (Å²) in [6, 6.07) is 14.2. The smallest absolute Gasteiger partial charge is 0.152 e. The molecule has 0 aliphatic rings. The molecule has 0 radical (unpaired) electrons. The lowest BCUT2D eigenvalue weighted by Gasteiger charge is -2.12. The zero-order valence-corrected chi connectivity index (χ0v) is 13.8. The first kappa shape index (κ1) is 15.3. The van der Waals surface area contributed by atoms with Gasteiger partial charge in [0.05, 0.1) is 6.54 Å². The topological polar surface area (TPSA) is 31.2 Å². The molecule has 0 amide bonds. The molecule has 3 aromatic rings. The second kappa shape index (κ2) is 6.29. The van der Waals surface area contributed by atoms with Gasteiger partial charge in [0.2, 0.25) is 0 Å². The molecule has 0 saturated carbocycles. The van der Waals surface area contributed by atoms with Crippen LogP contribution in [0.25, 0.3) is 10.9 Å². The predicted molar refractivity (Wildman–Crippen MR) is 93.5 cm³/mol. The van der Waals surface area contributed by atoms with Crippen LogP contribution in [0.1, 0.15) is 27.2 Å². The van der Waals surface area contributed by atoms with Crippen molar-refractivity contribution in [1.82, 2.24) is 4.57 Å². The zero-order chi connectivity index (χ0) is 16.4. The summed E-state index contributed by atoms with van der Waals surface area (Å²) in [5, 5.41) is 1.01. The molecule has 0 spiro atoms. The molecule has 0 aliphatic heterocycles. The summed E-state index contributed by atoms with van der Waals surface area (Å²) in [7, 11) is 0. The minimum Gasteiger partial charge on any atom is -0.491 e. The first-order chi connectivity index (χ1) is 11.1. The highest BCUT2D eigenvalue weighted by Crippen LogP contribution is 2.25. The molecule has 118 valence electrons. The Labute approximate surface area is 136 Å². The maximum absolute atomic E-state index is 11.4. The van der Waals surface area contributed by atoms with Gasteiger partial charge in [0.15, 0.2) is 6.29 Å². The van der Waals surface area contributed by atoms with Crippen LogP contribution in [0.3, 0.4) is 0 Å². The molecule has 0 aliphatic carbocycles. The molecule has 3 rings (SSSR count). The minimum atomic E-state index is 0.572. The number of hydrogen-bond acceptors (Lipinski definition) is 2. The van der Waals surface area contributed by atoms with Crippen molar-refractivity contribution < 1.29 is 9.53 Å². The van der Waals surface area contributed by atoms with Gasteiger partial charge in [-0.25, -0.2) is 0 Å². The number of rotatable bonds is 5. The van der Waals surface area contributed by atoms with E-state index in [1.165, 1.54) is 5.56 Å². The van der Waals surface area contributed by atoms with Crippen molar-refractivity contribution in [3.05, 3.63) is 64.8 Å². The number of hydrogen-bond donors (Lipinski definition) is 0. The van der Waals surface area contributed by atoms with Crippen molar-refractivity contribution in [1.29, 1.82) is 0 Å². The molecule has 2 aromatic carbocycles. The van der Waals surface area contributed by atoms with Gasteiger partial charge in [0.1, 0.15) is 12.4 Å². The number of benzene rings is 2. The van der Waals surface area contributed by atoms with Gasteiger partial charge in [-0.2, -0.15) is 0 Å². The van der Waals surface area contributed by atoms with Gasteiger partial charge in [0.25, 0.3) is 0 Å². The van der Waals surface area contributed by atoms with E-state index in [4.69, 9.17) is 4.74 Å². The van der Waals surface area contributed by atoms with Gasteiger partial charge in [-0.3, -0.25) is 4.79 Å². The zero-order valence-electron chi connectivity index (χ0n) is 13.8. The Morgan fingerprint density at radius 3 is 2.65 bits per heavy atom. The molecule has 0 unspecified atom stereocenters. The maximum Gasteiger partial charge on any atom is 0.152 e. The Hall–Kier alpha value is -2.55. The van der Waals surface area contributed by atoms with Crippen LogP contribution in [0.15, 0.2) is 42.5 Å². The summed E-state index contributed by atoms with van der Waals surface area (Å²) in [4.78, 5) is 11.4. The number of fused-ring (bicyclic) bond motifs is 1. The van der Waals surface area contributed by atoms with Crippen molar-refractivity contribution in [2.24, 2.45) is 0 Å². The number of nitrogens with zero attached hydrogens (tertiary/aromatic N) is 1. The first-order valence-corrected chi connectivity index (χ1v) is 7.85. The largest absolute Gasteiger partial charge is 0.491 e. The molecule has 0 atom stereocenters. The summed E-state index contributed by atoms with van der Waals surface area (Å²) in [5.41, 5.74) is 5.17. The molecule has 0 bridgehead atoms. The van der Waals surface area contributed by atoms with Crippen molar-refractivity contribution in [2.75, 3.05) is 6.61 Å². The molecule has 1 heterocycles. The molecular weight excluding hydrogens is 286 g/mol. The average molecular weight is 307 g/mol. The SMILES string of the molecule is Cc1ccc(C)c(OCCn2c(C)c(C=O)c3ccccc32)c1. The van der Waals surface area contributed by atoms with Crippen LogP contribution in [0.2, 0.25) is 0 Å². The highest BCUT2D eigenvalue weighted by Gasteiger charge is 2.12. The fourth-order valence-corrected chi connectivity index (χ4v) is 3.00. The van der Waals surface area contributed by atoms with Gasteiger partial charge in [-0.05, 0) is 44.0 Å². The summed E-state index contributed by atoms with van der Waals surface area (Å²) in [6.45, 7) is 7.39. The van der Waals surface area contributed by atoms with E-state index in [1.54, 1.807) is 0 Å². The van der Waals surface area contributed by atoms with E-state index in [-0.39, 0.29) is 0 Å². The van der Waals surface area contributed by atoms with Crippen molar-refractivity contribution in [2.45, 2.75) is 27.3 Å². The van der Waals surface area contributed by atoms with Crippen LogP contribution in [-0.4, -0.2) is 17.5 Å². The molecule has 1 aromatic heterocycles. The monoisotopic (exact) mass is 307 g/mol. The molecular formula is C20H21NO2. The molecule has 0 fully saturated rings. The van der Waals surface area contributed by atoms with Crippen molar-refractivity contribution in [3.63, 3.8) is 0 Å². The number of ether oxygens (including phenoxy) is 1. The third-order valence-electron chi connectivity index (χ3n) is 4.31. The summed E-state index contributed by atoms with van der Waals surface area (Å²) in [6.07, 6.45) is 0.944. The van der Waals surface area contributed by atoms with E-state index in [1.807, 2.05) is 31.2 Å². The Morgan fingerprint density at radius 2 is 1.87 bits per heavy atom. The Kier molecular flexibility index (Phi) is 4.20. The summed E-state index contributed by atoms with van der Waals surface area (Å²) in [5.74, 6) is 0.926. The normalized spacial score (nSPS) is 10.9. The Bertz CT molecular complexity index is 861. The van der Waals surface area contributed by atoms with Gasteiger partial charge < -0.3 is 9.30 Å². The van der Waals surface area contributed by atoms with E-state index in [2.05, 4.69) is 36.6 Å². The van der Waals surface area contributed by atoms with Gasteiger partial charge in [0, 0.05) is 22.2 Å². The molecule has 3 heteroatoms. The summed E-state index contributed by atoms with van der Waals surface area (Å²) < 4.78 is 8.12. The van der Waals surface area contributed by atoms with E-state index in [9.17, 15) is 4.79 Å². The number of carbonyl (C=O) groups excluding carboxylic acids is 1.